The van der Waals surface area contributed by atoms with Crippen LogP contribution in [0.15, 0.2) is 30.5 Å². The van der Waals surface area contributed by atoms with Gasteiger partial charge >= 0.3 is 5.97 Å². The number of rotatable bonds is 4. The highest BCUT2D eigenvalue weighted by atomic mass is 19.1. The Bertz CT molecular complexity index is 953. The van der Waals surface area contributed by atoms with Gasteiger partial charge in [-0.25, -0.2) is 14.2 Å². The van der Waals surface area contributed by atoms with Gasteiger partial charge in [-0.1, -0.05) is 12.1 Å². The summed E-state index contributed by atoms with van der Waals surface area (Å²) in [4.78, 5) is 30.9. The van der Waals surface area contributed by atoms with Gasteiger partial charge in [-0.3, -0.25) is 4.79 Å². The van der Waals surface area contributed by atoms with Gasteiger partial charge in [-0.2, -0.15) is 14.6 Å². The molecule has 0 fully saturated rings. The van der Waals surface area contributed by atoms with Crippen LogP contribution in [0.1, 0.15) is 32.4 Å². The second kappa shape index (κ2) is 6.03. The van der Waals surface area contributed by atoms with E-state index in [-0.39, 0.29) is 23.8 Å². The fraction of sp³-hybridized carbons (Fsp3) is 0.133. The molecule has 2 aromatic heterocycles. The SMILES string of the molecule is Cc1cc(CNC(=O)c2nc(C(=O)O)nc3ccnn23)ccc1F. The average Bonchev–Trinajstić information content (AvgIpc) is 3.03. The number of nitrogens with zero attached hydrogens (tertiary/aromatic N) is 4. The third-order valence-corrected chi connectivity index (χ3v) is 3.33. The van der Waals surface area contributed by atoms with Crippen LogP contribution in [0.4, 0.5) is 4.39 Å². The van der Waals surface area contributed by atoms with Crippen molar-refractivity contribution in [2.24, 2.45) is 0 Å². The summed E-state index contributed by atoms with van der Waals surface area (Å²) in [6.07, 6.45) is 1.38. The molecular weight excluding hydrogens is 317 g/mol. The summed E-state index contributed by atoms with van der Waals surface area (Å²) in [7, 11) is 0. The number of halogens is 1. The Morgan fingerprint density at radius 3 is 2.79 bits per heavy atom. The number of aromatic carboxylic acids is 1. The molecule has 0 saturated heterocycles. The second-order valence-corrected chi connectivity index (χ2v) is 5.04. The number of nitrogens with one attached hydrogen (secondary N) is 1. The van der Waals surface area contributed by atoms with Crippen LogP contribution in [0, 0.1) is 12.7 Å². The van der Waals surface area contributed by atoms with Crippen LogP contribution in [0.25, 0.3) is 5.65 Å². The number of benzene rings is 1. The zero-order chi connectivity index (χ0) is 17.3. The van der Waals surface area contributed by atoms with Crippen molar-refractivity contribution in [1.82, 2.24) is 24.9 Å². The van der Waals surface area contributed by atoms with E-state index in [1.54, 1.807) is 19.1 Å². The molecule has 1 aromatic carbocycles. The van der Waals surface area contributed by atoms with E-state index in [0.717, 1.165) is 4.52 Å². The Balaban J connectivity index is 1.86. The highest BCUT2D eigenvalue weighted by Crippen LogP contribution is 2.09. The van der Waals surface area contributed by atoms with Gasteiger partial charge in [0, 0.05) is 12.6 Å². The first kappa shape index (κ1) is 15.5. The predicted molar refractivity (Wildman–Crippen MR) is 80.0 cm³/mol. The normalized spacial score (nSPS) is 10.8. The molecule has 0 radical (unpaired) electrons. The predicted octanol–water partition coefficient (Wildman–Crippen LogP) is 1.20. The molecule has 0 aliphatic heterocycles. The summed E-state index contributed by atoms with van der Waals surface area (Å²) in [6.45, 7) is 1.76. The molecule has 0 atom stereocenters. The number of carboxylic acid groups (broad SMARTS) is 1. The first-order valence-electron chi connectivity index (χ1n) is 6.94. The summed E-state index contributed by atoms with van der Waals surface area (Å²) >= 11 is 0. The Morgan fingerprint density at radius 1 is 1.29 bits per heavy atom. The Kier molecular flexibility index (Phi) is 3.90. The maximum Gasteiger partial charge on any atom is 0.374 e. The number of carboxylic acids is 1. The van der Waals surface area contributed by atoms with Gasteiger partial charge in [0.1, 0.15) is 5.82 Å². The topological polar surface area (TPSA) is 109 Å². The number of aromatic nitrogens is 4. The standard InChI is InChI=1S/C15H12FN5O3/c1-8-6-9(2-3-10(8)16)7-17-14(22)13-20-12(15(23)24)19-11-4-5-18-21(11)13/h2-6H,7H2,1H3,(H,17,22)(H,23,24). The lowest BCUT2D eigenvalue weighted by Crippen LogP contribution is -2.28. The van der Waals surface area contributed by atoms with Gasteiger partial charge in [0.25, 0.3) is 5.91 Å². The van der Waals surface area contributed by atoms with E-state index in [9.17, 15) is 14.0 Å². The lowest BCUT2D eigenvalue weighted by atomic mass is 10.1. The fourth-order valence-corrected chi connectivity index (χ4v) is 2.15. The van der Waals surface area contributed by atoms with E-state index >= 15 is 0 Å². The quantitative estimate of drug-likeness (QED) is 0.744. The molecule has 0 spiro atoms. The van der Waals surface area contributed by atoms with Crippen LogP contribution >= 0.6 is 0 Å². The maximum atomic E-state index is 13.3. The van der Waals surface area contributed by atoms with Gasteiger partial charge in [0.05, 0.1) is 6.20 Å². The van der Waals surface area contributed by atoms with E-state index < -0.39 is 17.7 Å². The molecule has 2 N–H and O–H groups in total. The molecule has 3 aromatic rings. The van der Waals surface area contributed by atoms with Crippen molar-refractivity contribution in [2.75, 3.05) is 0 Å². The van der Waals surface area contributed by atoms with Crippen molar-refractivity contribution in [1.29, 1.82) is 0 Å². The lowest BCUT2D eigenvalue weighted by Gasteiger charge is -2.08. The van der Waals surface area contributed by atoms with Crippen LogP contribution in [0.3, 0.4) is 0 Å². The molecule has 0 aliphatic rings. The van der Waals surface area contributed by atoms with Crippen LogP contribution in [-0.2, 0) is 6.54 Å². The minimum absolute atomic E-state index is 0.134. The van der Waals surface area contributed by atoms with E-state index in [1.165, 1.54) is 18.3 Å². The van der Waals surface area contributed by atoms with Crippen molar-refractivity contribution >= 4 is 17.5 Å². The van der Waals surface area contributed by atoms with Crippen molar-refractivity contribution < 1.29 is 19.1 Å². The molecule has 3 rings (SSSR count). The largest absolute Gasteiger partial charge is 0.475 e. The molecule has 9 heteroatoms. The third-order valence-electron chi connectivity index (χ3n) is 3.33. The second-order valence-electron chi connectivity index (χ2n) is 5.04. The number of hydrogen-bond donors (Lipinski definition) is 2. The number of aryl methyl sites for hydroxylation is 1. The van der Waals surface area contributed by atoms with Crippen LogP contribution in [0.2, 0.25) is 0 Å². The van der Waals surface area contributed by atoms with E-state index in [2.05, 4.69) is 20.4 Å². The van der Waals surface area contributed by atoms with E-state index in [0.29, 0.717) is 11.1 Å². The summed E-state index contributed by atoms with van der Waals surface area (Å²) in [5.74, 6) is -2.98. The molecule has 0 unspecified atom stereocenters. The van der Waals surface area contributed by atoms with Gasteiger partial charge in [-0.05, 0) is 24.1 Å². The lowest BCUT2D eigenvalue weighted by molar-refractivity contribution is 0.0683. The number of amides is 1. The first-order chi connectivity index (χ1) is 11.5. The fourth-order valence-electron chi connectivity index (χ4n) is 2.15. The Labute approximate surface area is 135 Å². The molecule has 0 aliphatic carbocycles. The van der Waals surface area contributed by atoms with Crippen LogP contribution in [-0.4, -0.2) is 36.6 Å². The van der Waals surface area contributed by atoms with Crippen LogP contribution in [0.5, 0.6) is 0 Å². The summed E-state index contributed by atoms with van der Waals surface area (Å²) in [5, 5.41) is 15.5. The Morgan fingerprint density at radius 2 is 2.08 bits per heavy atom. The van der Waals surface area contributed by atoms with Gasteiger partial charge < -0.3 is 10.4 Å². The van der Waals surface area contributed by atoms with Crippen molar-refractivity contribution in [2.45, 2.75) is 13.5 Å². The highest BCUT2D eigenvalue weighted by molar-refractivity contribution is 5.92. The molecule has 24 heavy (non-hydrogen) atoms. The monoisotopic (exact) mass is 329 g/mol. The average molecular weight is 329 g/mol. The maximum absolute atomic E-state index is 13.3. The third kappa shape index (κ3) is 2.91. The number of carbonyl (C=O) groups excluding carboxylic acids is 1. The highest BCUT2D eigenvalue weighted by Gasteiger charge is 2.18. The van der Waals surface area contributed by atoms with E-state index in [1.807, 2.05) is 0 Å². The van der Waals surface area contributed by atoms with Crippen molar-refractivity contribution in [3.05, 3.63) is 59.1 Å². The summed E-state index contributed by atoms with van der Waals surface area (Å²) in [6, 6.07) is 5.94. The first-order valence-corrected chi connectivity index (χ1v) is 6.94. The van der Waals surface area contributed by atoms with Crippen molar-refractivity contribution in [3.8, 4) is 0 Å². The summed E-state index contributed by atoms with van der Waals surface area (Å²) < 4.78 is 14.4. The molecule has 0 bridgehead atoms. The molecule has 122 valence electrons. The zero-order valence-electron chi connectivity index (χ0n) is 12.5. The molecule has 2 heterocycles. The molecular formula is C15H12FN5O3. The minimum Gasteiger partial charge on any atom is -0.475 e. The molecule has 8 nitrogen and oxygen atoms in total. The van der Waals surface area contributed by atoms with Gasteiger partial charge in [0.15, 0.2) is 5.65 Å². The molecule has 0 saturated carbocycles. The van der Waals surface area contributed by atoms with Gasteiger partial charge in [-0.15, -0.1) is 0 Å². The number of hydrogen-bond acceptors (Lipinski definition) is 5. The molecule has 1 amide bonds. The van der Waals surface area contributed by atoms with Gasteiger partial charge in [0.2, 0.25) is 11.6 Å². The smallest absolute Gasteiger partial charge is 0.374 e. The number of carbonyl (C=O) groups is 2. The number of fused-ring (bicyclic) bond motifs is 1. The van der Waals surface area contributed by atoms with E-state index in [4.69, 9.17) is 5.11 Å². The Hall–Kier alpha value is -3.36. The summed E-state index contributed by atoms with van der Waals surface area (Å²) in [5.41, 5.74) is 1.36. The minimum atomic E-state index is -1.35. The zero-order valence-corrected chi connectivity index (χ0v) is 12.5. The van der Waals surface area contributed by atoms with Crippen LogP contribution < -0.4 is 5.32 Å². The van der Waals surface area contributed by atoms with Crippen molar-refractivity contribution in [3.63, 3.8) is 0 Å².